The number of urea groups is 1. The van der Waals surface area contributed by atoms with E-state index in [1.54, 1.807) is 0 Å². The Balaban J connectivity index is 1.41. The molecule has 1 heterocycles. The summed E-state index contributed by atoms with van der Waals surface area (Å²) < 4.78 is 38.1. The molecule has 4 nitrogen and oxygen atoms in total. The van der Waals surface area contributed by atoms with Crippen molar-refractivity contribution in [1.29, 1.82) is 0 Å². The Kier molecular flexibility index (Phi) is 6.06. The van der Waals surface area contributed by atoms with Gasteiger partial charge in [-0.3, -0.25) is 0 Å². The van der Waals surface area contributed by atoms with Crippen LogP contribution in [0.2, 0.25) is 0 Å². The fraction of sp³-hybridized carbons (Fsp3) is 0.632. The Morgan fingerprint density at radius 2 is 1.81 bits per heavy atom. The first-order chi connectivity index (χ1) is 12.4. The monoisotopic (exact) mass is 369 g/mol. The van der Waals surface area contributed by atoms with Crippen LogP contribution in [0.5, 0.6) is 0 Å². The van der Waals surface area contributed by atoms with Gasteiger partial charge < -0.3 is 15.5 Å². The topological polar surface area (TPSA) is 44.4 Å². The molecule has 2 aliphatic rings. The van der Waals surface area contributed by atoms with Crippen molar-refractivity contribution in [3.05, 3.63) is 29.8 Å². The van der Waals surface area contributed by atoms with Gasteiger partial charge in [0.2, 0.25) is 0 Å². The maximum Gasteiger partial charge on any atom is 0.416 e. The number of rotatable bonds is 4. The molecular formula is C19H26F3N3O. The Bertz CT molecular complexity index is 606. The predicted molar refractivity (Wildman–Crippen MR) is 95.0 cm³/mol. The summed E-state index contributed by atoms with van der Waals surface area (Å²) in [4.78, 5) is 14.6. The van der Waals surface area contributed by atoms with E-state index in [0.29, 0.717) is 12.5 Å². The number of anilines is 1. The number of benzene rings is 1. The minimum absolute atomic E-state index is 0.147. The highest BCUT2D eigenvalue weighted by atomic mass is 19.4. The molecule has 7 heteroatoms. The maximum atomic E-state index is 12.7. The zero-order valence-electron chi connectivity index (χ0n) is 14.8. The summed E-state index contributed by atoms with van der Waals surface area (Å²) in [5.41, 5.74) is -0.622. The van der Waals surface area contributed by atoms with Crippen LogP contribution in [0.1, 0.15) is 44.1 Å². The zero-order chi connectivity index (χ0) is 18.6. The Hall–Kier alpha value is -1.76. The van der Waals surface area contributed by atoms with Crippen molar-refractivity contribution in [2.45, 2.75) is 50.7 Å². The maximum absolute atomic E-state index is 12.7. The van der Waals surface area contributed by atoms with Gasteiger partial charge in [0.1, 0.15) is 0 Å². The van der Waals surface area contributed by atoms with Crippen molar-refractivity contribution in [1.82, 2.24) is 10.2 Å². The summed E-state index contributed by atoms with van der Waals surface area (Å²) in [7, 11) is 0. The molecule has 1 aromatic rings. The molecule has 0 bridgehead atoms. The minimum atomic E-state index is -4.42. The second-order valence-corrected chi connectivity index (χ2v) is 7.33. The van der Waals surface area contributed by atoms with E-state index in [-0.39, 0.29) is 5.69 Å². The third kappa shape index (κ3) is 5.13. The Morgan fingerprint density at radius 3 is 2.46 bits per heavy atom. The molecule has 3 rings (SSSR count). The summed E-state index contributed by atoms with van der Waals surface area (Å²) in [6.07, 6.45) is 2.98. The van der Waals surface area contributed by atoms with Crippen LogP contribution in [-0.2, 0) is 6.18 Å². The molecule has 2 fully saturated rings. The molecule has 0 aromatic heterocycles. The molecule has 2 amide bonds. The largest absolute Gasteiger partial charge is 0.416 e. The molecule has 0 unspecified atom stereocenters. The van der Waals surface area contributed by atoms with E-state index in [9.17, 15) is 18.0 Å². The molecule has 0 radical (unpaired) electrons. The average Bonchev–Trinajstić information content (AvgIpc) is 3.14. The number of halogens is 3. The lowest BCUT2D eigenvalue weighted by Gasteiger charge is -2.36. The van der Waals surface area contributed by atoms with Crippen LogP contribution in [0.15, 0.2) is 24.3 Å². The highest BCUT2D eigenvalue weighted by Gasteiger charge is 2.30. The van der Waals surface area contributed by atoms with Crippen LogP contribution >= 0.6 is 0 Å². The number of nitrogens with one attached hydrogen (secondary N) is 2. The van der Waals surface area contributed by atoms with E-state index in [1.807, 2.05) is 0 Å². The number of carbonyl (C=O) groups is 1. The van der Waals surface area contributed by atoms with Crippen molar-refractivity contribution in [2.24, 2.45) is 5.92 Å². The smallest absolute Gasteiger partial charge is 0.338 e. The van der Waals surface area contributed by atoms with Crippen LogP contribution < -0.4 is 10.6 Å². The van der Waals surface area contributed by atoms with Gasteiger partial charge in [-0.1, -0.05) is 18.9 Å². The van der Waals surface area contributed by atoms with Gasteiger partial charge in [0.15, 0.2) is 0 Å². The van der Waals surface area contributed by atoms with E-state index in [2.05, 4.69) is 15.5 Å². The summed E-state index contributed by atoms with van der Waals surface area (Å²) in [6.45, 7) is 2.71. The van der Waals surface area contributed by atoms with Crippen molar-refractivity contribution in [2.75, 3.05) is 25.0 Å². The predicted octanol–water partition coefficient (Wildman–Crippen LogP) is 4.48. The number of likely N-dealkylation sites (tertiary alicyclic amines) is 1. The molecule has 1 saturated carbocycles. The Morgan fingerprint density at radius 1 is 1.12 bits per heavy atom. The molecular weight excluding hydrogens is 343 g/mol. The molecule has 26 heavy (non-hydrogen) atoms. The molecule has 0 atom stereocenters. The van der Waals surface area contributed by atoms with Crippen molar-refractivity contribution in [3.8, 4) is 0 Å². The van der Waals surface area contributed by atoms with Gasteiger partial charge >= 0.3 is 12.2 Å². The summed E-state index contributed by atoms with van der Waals surface area (Å²) in [5, 5.41) is 5.28. The van der Waals surface area contributed by atoms with E-state index >= 15 is 0 Å². The first-order valence-corrected chi connectivity index (χ1v) is 9.38. The normalized spacial score (nSPS) is 20.3. The lowest BCUT2D eigenvalue weighted by atomic mass is 9.95. The van der Waals surface area contributed by atoms with Crippen molar-refractivity contribution < 1.29 is 18.0 Å². The molecule has 1 saturated heterocycles. The summed E-state index contributed by atoms with van der Waals surface area (Å²) in [5.74, 6) is 0.430. The second kappa shape index (κ2) is 8.29. The van der Waals surface area contributed by atoms with Gasteiger partial charge in [0.25, 0.3) is 0 Å². The summed E-state index contributed by atoms with van der Waals surface area (Å²) in [6, 6.07) is 4.96. The average molecular weight is 369 g/mol. The SMILES string of the molecule is O=C(NCC1CCN(C2CCCC2)CC1)Nc1cccc(C(F)(F)F)c1. The van der Waals surface area contributed by atoms with Gasteiger partial charge in [-0.15, -0.1) is 0 Å². The van der Waals surface area contributed by atoms with Crippen molar-refractivity contribution >= 4 is 11.7 Å². The molecule has 1 aliphatic carbocycles. The van der Waals surface area contributed by atoms with Gasteiger partial charge in [-0.05, 0) is 62.9 Å². The van der Waals surface area contributed by atoms with Crippen LogP contribution in [0.3, 0.4) is 0 Å². The minimum Gasteiger partial charge on any atom is -0.338 e. The number of amides is 2. The number of nitrogens with zero attached hydrogens (tertiary/aromatic N) is 1. The fourth-order valence-corrected chi connectivity index (χ4v) is 3.98. The molecule has 0 spiro atoms. The number of piperidine rings is 1. The van der Waals surface area contributed by atoms with Crippen LogP contribution in [0, 0.1) is 5.92 Å². The summed E-state index contributed by atoms with van der Waals surface area (Å²) >= 11 is 0. The lowest BCUT2D eigenvalue weighted by molar-refractivity contribution is -0.137. The molecule has 144 valence electrons. The van der Waals surface area contributed by atoms with Crippen LogP contribution in [-0.4, -0.2) is 36.6 Å². The quantitative estimate of drug-likeness (QED) is 0.822. The first kappa shape index (κ1) is 19.0. The molecule has 1 aromatic carbocycles. The van der Waals surface area contributed by atoms with Gasteiger partial charge in [-0.2, -0.15) is 13.2 Å². The van der Waals surface area contributed by atoms with E-state index in [1.165, 1.54) is 37.8 Å². The highest BCUT2D eigenvalue weighted by Crippen LogP contribution is 2.31. The van der Waals surface area contributed by atoms with E-state index in [0.717, 1.165) is 44.1 Å². The second-order valence-electron chi connectivity index (χ2n) is 7.33. The standard InChI is InChI=1S/C19H26F3N3O/c20-19(21,22)15-4-3-5-16(12-15)24-18(26)23-13-14-8-10-25(11-9-14)17-6-1-2-7-17/h3-5,12,14,17H,1-2,6-11,13H2,(H2,23,24,26). The number of hydrogen-bond acceptors (Lipinski definition) is 2. The van der Waals surface area contributed by atoms with Crippen molar-refractivity contribution in [3.63, 3.8) is 0 Å². The van der Waals surface area contributed by atoms with Gasteiger partial charge in [-0.25, -0.2) is 4.79 Å². The molecule has 1 aliphatic heterocycles. The number of carbonyl (C=O) groups excluding carboxylic acids is 1. The van der Waals surface area contributed by atoms with Gasteiger partial charge in [0, 0.05) is 18.3 Å². The lowest BCUT2D eigenvalue weighted by Crippen LogP contribution is -2.43. The Labute approximate surface area is 152 Å². The van der Waals surface area contributed by atoms with Gasteiger partial charge in [0.05, 0.1) is 5.56 Å². The van der Waals surface area contributed by atoms with Crippen LogP contribution in [0.4, 0.5) is 23.7 Å². The highest BCUT2D eigenvalue weighted by molar-refractivity contribution is 5.89. The number of alkyl halides is 3. The van der Waals surface area contributed by atoms with E-state index in [4.69, 9.17) is 0 Å². The number of hydrogen-bond donors (Lipinski definition) is 2. The zero-order valence-corrected chi connectivity index (χ0v) is 14.8. The van der Waals surface area contributed by atoms with E-state index < -0.39 is 17.8 Å². The third-order valence-electron chi connectivity index (χ3n) is 5.49. The third-order valence-corrected chi connectivity index (χ3v) is 5.49. The first-order valence-electron chi connectivity index (χ1n) is 9.38. The molecule has 2 N–H and O–H groups in total. The fourth-order valence-electron chi connectivity index (χ4n) is 3.98. The van der Waals surface area contributed by atoms with Crippen LogP contribution in [0.25, 0.3) is 0 Å².